The SMILES string of the molecule is Cc1ccn2nc([C@H](C)Nc3ncnc(N)c3C#N)nc(N3C[C@@H](C)N(Cc4ccc(O)cc4)[C@@H](C)C3)c12. The summed E-state index contributed by atoms with van der Waals surface area (Å²) < 4.78 is 1.88. The number of nitrogens with zero attached hydrogens (tertiary/aromatic N) is 8. The average Bonchev–Trinajstić information content (AvgIpc) is 3.27. The molecule has 0 saturated carbocycles. The fourth-order valence-corrected chi connectivity index (χ4v) is 5.12. The van der Waals surface area contributed by atoms with Gasteiger partial charge in [0.25, 0.3) is 0 Å². The van der Waals surface area contributed by atoms with E-state index in [1.54, 1.807) is 12.1 Å². The third-order valence-corrected chi connectivity index (χ3v) is 7.14. The summed E-state index contributed by atoms with van der Waals surface area (Å²) in [4.78, 5) is 18.0. The number of fused-ring (bicyclic) bond motifs is 1. The van der Waals surface area contributed by atoms with Gasteiger partial charge in [0.2, 0.25) is 0 Å². The Labute approximate surface area is 221 Å². The van der Waals surface area contributed by atoms with Crippen LogP contribution in [0.1, 0.15) is 49.3 Å². The second kappa shape index (κ2) is 10.1. The van der Waals surface area contributed by atoms with E-state index in [-0.39, 0.29) is 35.3 Å². The van der Waals surface area contributed by atoms with Crippen LogP contribution < -0.4 is 16.0 Å². The first-order chi connectivity index (χ1) is 18.2. The Bertz CT molecular complexity index is 1480. The van der Waals surface area contributed by atoms with Gasteiger partial charge in [-0.1, -0.05) is 12.1 Å². The van der Waals surface area contributed by atoms with Gasteiger partial charge in [-0.3, -0.25) is 4.90 Å². The number of aromatic hydroxyl groups is 1. The van der Waals surface area contributed by atoms with Crippen molar-refractivity contribution in [3.05, 3.63) is 65.4 Å². The molecule has 3 atom stereocenters. The van der Waals surface area contributed by atoms with E-state index in [0.29, 0.717) is 11.6 Å². The molecule has 1 saturated heterocycles. The lowest BCUT2D eigenvalue weighted by atomic mass is 10.1. The third kappa shape index (κ3) is 4.78. The predicted molar refractivity (Wildman–Crippen MR) is 146 cm³/mol. The summed E-state index contributed by atoms with van der Waals surface area (Å²) in [5.41, 5.74) is 9.33. The maximum atomic E-state index is 9.64. The Kier molecular flexibility index (Phi) is 6.73. The van der Waals surface area contributed by atoms with Gasteiger partial charge in [0, 0.05) is 37.9 Å². The smallest absolute Gasteiger partial charge is 0.173 e. The summed E-state index contributed by atoms with van der Waals surface area (Å²) in [5, 5.41) is 27.2. The van der Waals surface area contributed by atoms with E-state index >= 15 is 0 Å². The average molecular weight is 513 g/mol. The van der Waals surface area contributed by atoms with Crippen molar-refractivity contribution in [1.29, 1.82) is 5.26 Å². The largest absolute Gasteiger partial charge is 0.508 e. The highest BCUT2D eigenvalue weighted by atomic mass is 16.3. The monoisotopic (exact) mass is 512 g/mol. The molecule has 1 fully saturated rings. The zero-order chi connectivity index (χ0) is 27.0. The summed E-state index contributed by atoms with van der Waals surface area (Å²) in [7, 11) is 0. The van der Waals surface area contributed by atoms with Crippen LogP contribution in [0.5, 0.6) is 5.75 Å². The number of phenolic OH excluding ortho intramolecular Hbond substituents is 1. The minimum Gasteiger partial charge on any atom is -0.508 e. The second-order valence-corrected chi connectivity index (χ2v) is 9.99. The summed E-state index contributed by atoms with van der Waals surface area (Å²) in [6, 6.07) is 11.7. The Balaban J connectivity index is 1.43. The van der Waals surface area contributed by atoms with Gasteiger partial charge in [0.15, 0.2) is 11.6 Å². The first-order valence-corrected chi connectivity index (χ1v) is 12.7. The van der Waals surface area contributed by atoms with E-state index in [2.05, 4.69) is 51.9 Å². The quantitative estimate of drug-likeness (QED) is 0.352. The highest BCUT2D eigenvalue weighted by Crippen LogP contribution is 2.30. The van der Waals surface area contributed by atoms with Gasteiger partial charge in [0.05, 0.1) is 6.04 Å². The molecule has 4 N–H and O–H groups in total. The number of rotatable bonds is 6. The van der Waals surface area contributed by atoms with E-state index in [1.165, 1.54) is 11.9 Å². The molecule has 0 spiro atoms. The Morgan fingerprint density at radius 3 is 2.55 bits per heavy atom. The lowest BCUT2D eigenvalue weighted by Gasteiger charge is -2.45. The van der Waals surface area contributed by atoms with Crippen molar-refractivity contribution >= 4 is 23.0 Å². The van der Waals surface area contributed by atoms with Crippen molar-refractivity contribution < 1.29 is 5.11 Å². The zero-order valence-corrected chi connectivity index (χ0v) is 22.0. The molecule has 1 aromatic carbocycles. The number of nitrogens with two attached hydrogens (primary N) is 1. The third-order valence-electron chi connectivity index (χ3n) is 7.14. The lowest BCUT2D eigenvalue weighted by molar-refractivity contribution is 0.123. The molecule has 38 heavy (non-hydrogen) atoms. The minimum absolute atomic E-state index is 0.128. The van der Waals surface area contributed by atoms with Gasteiger partial charge in [-0.2, -0.15) is 10.4 Å². The minimum atomic E-state index is -0.340. The highest BCUT2D eigenvalue weighted by molar-refractivity contribution is 5.73. The number of hydrogen-bond acceptors (Lipinski definition) is 10. The Morgan fingerprint density at radius 1 is 1.16 bits per heavy atom. The zero-order valence-electron chi connectivity index (χ0n) is 22.0. The first kappa shape index (κ1) is 25.2. The summed E-state index contributed by atoms with van der Waals surface area (Å²) >= 11 is 0. The number of benzene rings is 1. The predicted octanol–water partition coefficient (Wildman–Crippen LogP) is 3.26. The first-order valence-electron chi connectivity index (χ1n) is 12.7. The number of nitrogen functional groups attached to an aromatic ring is 1. The number of piperazine rings is 1. The van der Waals surface area contributed by atoms with Crippen LogP contribution in [-0.2, 0) is 6.54 Å². The number of nitrogens with one attached hydrogen (secondary N) is 1. The Hall–Kier alpha value is -4.43. The van der Waals surface area contributed by atoms with Crippen LogP contribution in [0.2, 0.25) is 0 Å². The van der Waals surface area contributed by atoms with Gasteiger partial charge in [-0.05, 0) is 57.0 Å². The highest BCUT2D eigenvalue weighted by Gasteiger charge is 2.32. The van der Waals surface area contributed by atoms with Crippen molar-refractivity contribution in [2.24, 2.45) is 0 Å². The number of aromatic nitrogens is 5. The van der Waals surface area contributed by atoms with Crippen LogP contribution in [0.4, 0.5) is 17.5 Å². The maximum Gasteiger partial charge on any atom is 0.173 e. The van der Waals surface area contributed by atoms with Crippen LogP contribution >= 0.6 is 0 Å². The number of nitriles is 1. The van der Waals surface area contributed by atoms with Crippen LogP contribution in [0.3, 0.4) is 0 Å². The van der Waals surface area contributed by atoms with Crippen LogP contribution in [0.15, 0.2) is 42.9 Å². The molecule has 1 aliphatic heterocycles. The molecule has 11 heteroatoms. The number of aryl methyl sites for hydroxylation is 1. The van der Waals surface area contributed by atoms with Crippen LogP contribution in [0.25, 0.3) is 5.52 Å². The molecule has 196 valence electrons. The molecule has 5 rings (SSSR count). The fourth-order valence-electron chi connectivity index (χ4n) is 5.12. The van der Waals surface area contributed by atoms with Crippen LogP contribution in [0, 0.1) is 18.3 Å². The lowest BCUT2D eigenvalue weighted by Crippen LogP contribution is -2.56. The summed E-state index contributed by atoms with van der Waals surface area (Å²) in [6.07, 6.45) is 3.28. The van der Waals surface area contributed by atoms with Crippen LogP contribution in [-0.4, -0.2) is 59.7 Å². The fraction of sp³-hybridized carbons (Fsp3) is 0.370. The van der Waals surface area contributed by atoms with Gasteiger partial charge < -0.3 is 21.1 Å². The van der Waals surface area contributed by atoms with Crippen molar-refractivity contribution in [1.82, 2.24) is 29.5 Å². The number of hydrogen-bond donors (Lipinski definition) is 3. The number of anilines is 3. The molecular formula is C27H32N10O. The molecule has 0 aliphatic carbocycles. The van der Waals surface area contributed by atoms with Crippen molar-refractivity contribution in [2.75, 3.05) is 29.0 Å². The molecule has 11 nitrogen and oxygen atoms in total. The summed E-state index contributed by atoms with van der Waals surface area (Å²) in [5.74, 6) is 2.23. The molecule has 4 heterocycles. The number of phenols is 1. The van der Waals surface area contributed by atoms with Crippen molar-refractivity contribution in [3.63, 3.8) is 0 Å². The second-order valence-electron chi connectivity index (χ2n) is 9.99. The topological polar surface area (TPSA) is 145 Å². The summed E-state index contributed by atoms with van der Waals surface area (Å²) in [6.45, 7) is 10.9. The van der Waals surface area contributed by atoms with E-state index in [0.717, 1.165) is 36.5 Å². The van der Waals surface area contributed by atoms with Gasteiger partial charge in [0.1, 0.15) is 40.9 Å². The molecule has 0 bridgehead atoms. The molecule has 0 radical (unpaired) electrons. The van der Waals surface area contributed by atoms with Crippen molar-refractivity contribution in [2.45, 2.75) is 52.4 Å². The van der Waals surface area contributed by atoms with E-state index in [4.69, 9.17) is 15.8 Å². The Morgan fingerprint density at radius 2 is 1.87 bits per heavy atom. The standard InChI is InChI=1S/C27H32N10O/c1-16-9-10-37-23(16)27(33-25(34-37)19(4)32-26-22(11-28)24(29)30-15-31-26)35-12-17(2)36(18(3)13-35)14-20-5-7-21(38)8-6-20/h5-10,15,17-19,38H,12-14H2,1-4H3,(H3,29,30,31,32)/t17-,18+,19-/m0/s1. The van der Waals surface area contributed by atoms with E-state index in [1.807, 2.05) is 35.8 Å². The van der Waals surface area contributed by atoms with Gasteiger partial charge >= 0.3 is 0 Å². The van der Waals surface area contributed by atoms with Crippen molar-refractivity contribution in [3.8, 4) is 11.8 Å². The molecule has 0 amide bonds. The molecule has 0 unspecified atom stereocenters. The van der Waals surface area contributed by atoms with Gasteiger partial charge in [-0.25, -0.2) is 19.5 Å². The molecule has 1 aliphatic rings. The van der Waals surface area contributed by atoms with E-state index < -0.39 is 0 Å². The molecule has 4 aromatic rings. The molecular weight excluding hydrogens is 480 g/mol. The maximum absolute atomic E-state index is 9.64. The normalized spacial score (nSPS) is 18.9. The van der Waals surface area contributed by atoms with E-state index in [9.17, 15) is 10.4 Å². The molecule has 3 aromatic heterocycles. The van der Waals surface area contributed by atoms with Gasteiger partial charge in [-0.15, -0.1) is 0 Å².